The highest BCUT2D eigenvalue weighted by Crippen LogP contribution is 2.33. The number of para-hydroxylation sites is 1. The van der Waals surface area contributed by atoms with E-state index in [0.717, 1.165) is 22.5 Å². The van der Waals surface area contributed by atoms with Gasteiger partial charge in [-0.25, -0.2) is 4.68 Å². The number of pyridine rings is 1. The van der Waals surface area contributed by atoms with Crippen LogP contribution < -0.4 is 5.43 Å². The molecule has 1 aliphatic heterocycles. The highest BCUT2D eigenvalue weighted by molar-refractivity contribution is 5.92. The minimum atomic E-state index is -4.61. The van der Waals surface area contributed by atoms with Crippen molar-refractivity contribution in [2.45, 2.75) is 19.6 Å². The number of nitrogens with zero attached hydrogens (tertiary/aromatic N) is 5. The second kappa shape index (κ2) is 9.14. The number of rotatable bonds is 4. The molecule has 1 fully saturated rings. The molecule has 3 heterocycles. The van der Waals surface area contributed by atoms with Gasteiger partial charge in [-0.2, -0.15) is 18.3 Å². The zero-order chi connectivity index (χ0) is 23.6. The van der Waals surface area contributed by atoms with Crippen LogP contribution in [-0.2, 0) is 12.7 Å². The number of aromatic nitrogens is 3. The van der Waals surface area contributed by atoms with Crippen LogP contribution in [0.15, 0.2) is 59.5 Å². The number of piperazine rings is 1. The third-order valence-electron chi connectivity index (χ3n) is 5.52. The number of hydrogen-bond acceptors (Lipinski definition) is 5. The van der Waals surface area contributed by atoms with Gasteiger partial charge in [0.1, 0.15) is 0 Å². The molecule has 1 aromatic carbocycles. The molecule has 33 heavy (non-hydrogen) atoms. The first-order chi connectivity index (χ1) is 15.7. The maximum atomic E-state index is 13.5. The second-order valence-corrected chi connectivity index (χ2v) is 7.81. The van der Waals surface area contributed by atoms with Crippen LogP contribution in [0.5, 0.6) is 0 Å². The van der Waals surface area contributed by atoms with Gasteiger partial charge in [-0.15, -0.1) is 0 Å². The Morgan fingerprint density at radius 1 is 1.03 bits per heavy atom. The molecular weight excluding hydrogens is 435 g/mol. The lowest BCUT2D eigenvalue weighted by Crippen LogP contribution is -2.49. The standard InChI is InChI=1S/C23H22F3N5O2/c1-16-14-20(32)21(28-31(16)19-8-3-2-7-18(19)23(24,25)26)22(33)30-12-10-29(11-13-30)15-17-6-4-5-9-27-17/h2-9,14H,10-13,15H2,1H3. The molecule has 0 atom stereocenters. The molecule has 4 rings (SSSR count). The first-order valence-electron chi connectivity index (χ1n) is 10.4. The van der Waals surface area contributed by atoms with Gasteiger partial charge in [-0.1, -0.05) is 18.2 Å². The zero-order valence-corrected chi connectivity index (χ0v) is 17.9. The van der Waals surface area contributed by atoms with Crippen molar-refractivity contribution in [1.29, 1.82) is 0 Å². The van der Waals surface area contributed by atoms with E-state index in [9.17, 15) is 22.8 Å². The molecule has 172 valence electrons. The summed E-state index contributed by atoms with van der Waals surface area (Å²) < 4.78 is 41.5. The Labute approximate surface area is 188 Å². The third-order valence-corrected chi connectivity index (χ3v) is 5.52. The van der Waals surface area contributed by atoms with Crippen molar-refractivity contribution >= 4 is 5.91 Å². The van der Waals surface area contributed by atoms with Crippen LogP contribution in [-0.4, -0.2) is 56.7 Å². The maximum absolute atomic E-state index is 13.5. The van der Waals surface area contributed by atoms with E-state index >= 15 is 0 Å². The smallest absolute Gasteiger partial charge is 0.335 e. The molecule has 0 radical (unpaired) electrons. The minimum Gasteiger partial charge on any atom is -0.335 e. The lowest BCUT2D eigenvalue weighted by molar-refractivity contribution is -0.137. The van der Waals surface area contributed by atoms with Gasteiger partial charge in [0, 0.05) is 50.7 Å². The Hall–Kier alpha value is -3.53. The summed E-state index contributed by atoms with van der Waals surface area (Å²) in [5.41, 5.74) is -1.02. The predicted molar refractivity (Wildman–Crippen MR) is 115 cm³/mol. The summed E-state index contributed by atoms with van der Waals surface area (Å²) in [5.74, 6) is -0.587. The molecule has 3 aromatic rings. The Kier molecular flexibility index (Phi) is 6.28. The number of halogens is 3. The molecule has 0 aliphatic carbocycles. The SMILES string of the molecule is Cc1cc(=O)c(C(=O)N2CCN(Cc3ccccn3)CC2)nn1-c1ccccc1C(F)(F)F. The van der Waals surface area contributed by atoms with Gasteiger partial charge in [0.15, 0.2) is 5.69 Å². The van der Waals surface area contributed by atoms with Crippen molar-refractivity contribution in [2.75, 3.05) is 26.2 Å². The fraction of sp³-hybridized carbons (Fsp3) is 0.304. The normalized spacial score (nSPS) is 15.0. The van der Waals surface area contributed by atoms with Crippen LogP contribution in [0.4, 0.5) is 13.2 Å². The molecule has 7 nitrogen and oxygen atoms in total. The molecule has 0 unspecified atom stereocenters. The number of amides is 1. The predicted octanol–water partition coefficient (Wildman–Crippen LogP) is 2.91. The molecule has 0 saturated carbocycles. The zero-order valence-electron chi connectivity index (χ0n) is 17.9. The van der Waals surface area contributed by atoms with E-state index in [1.165, 1.54) is 30.0 Å². The molecule has 2 aromatic heterocycles. The summed E-state index contributed by atoms with van der Waals surface area (Å²) >= 11 is 0. The van der Waals surface area contributed by atoms with Crippen molar-refractivity contribution in [3.63, 3.8) is 0 Å². The summed E-state index contributed by atoms with van der Waals surface area (Å²) in [6.07, 6.45) is -2.89. The summed E-state index contributed by atoms with van der Waals surface area (Å²) in [4.78, 5) is 33.5. The summed E-state index contributed by atoms with van der Waals surface area (Å²) in [7, 11) is 0. The summed E-state index contributed by atoms with van der Waals surface area (Å²) in [6.45, 7) is 4.04. The highest BCUT2D eigenvalue weighted by atomic mass is 19.4. The average Bonchev–Trinajstić information content (AvgIpc) is 2.79. The third kappa shape index (κ3) is 4.95. The lowest BCUT2D eigenvalue weighted by Gasteiger charge is -2.34. The topological polar surface area (TPSA) is 71.3 Å². The second-order valence-electron chi connectivity index (χ2n) is 7.81. The van der Waals surface area contributed by atoms with Crippen LogP contribution in [0.25, 0.3) is 5.69 Å². The van der Waals surface area contributed by atoms with Crippen molar-refractivity contribution < 1.29 is 18.0 Å². The first-order valence-corrected chi connectivity index (χ1v) is 10.4. The Morgan fingerprint density at radius 2 is 1.73 bits per heavy atom. The van der Waals surface area contributed by atoms with Gasteiger partial charge < -0.3 is 4.90 Å². The van der Waals surface area contributed by atoms with E-state index in [2.05, 4.69) is 15.0 Å². The first kappa shape index (κ1) is 22.7. The molecule has 10 heteroatoms. The maximum Gasteiger partial charge on any atom is 0.418 e. The van der Waals surface area contributed by atoms with Gasteiger partial charge >= 0.3 is 6.18 Å². The van der Waals surface area contributed by atoms with Crippen molar-refractivity contribution in [3.05, 3.63) is 87.6 Å². The van der Waals surface area contributed by atoms with Crippen LogP contribution in [0, 0.1) is 6.92 Å². The Bertz CT molecular complexity index is 1200. The molecule has 1 saturated heterocycles. The highest BCUT2D eigenvalue weighted by Gasteiger charge is 2.34. The molecule has 0 bridgehead atoms. The van der Waals surface area contributed by atoms with E-state index in [-0.39, 0.29) is 11.4 Å². The van der Waals surface area contributed by atoms with Gasteiger partial charge in [-0.3, -0.25) is 19.5 Å². The number of carbonyl (C=O) groups excluding carboxylic acids is 1. The van der Waals surface area contributed by atoms with Crippen LogP contribution in [0.2, 0.25) is 0 Å². The molecule has 0 spiro atoms. The van der Waals surface area contributed by atoms with Crippen molar-refractivity contribution in [1.82, 2.24) is 24.6 Å². The van der Waals surface area contributed by atoms with E-state index in [0.29, 0.717) is 32.7 Å². The number of alkyl halides is 3. The Morgan fingerprint density at radius 3 is 2.39 bits per heavy atom. The van der Waals surface area contributed by atoms with Gasteiger partial charge in [0.2, 0.25) is 5.43 Å². The van der Waals surface area contributed by atoms with Crippen molar-refractivity contribution in [3.8, 4) is 5.69 Å². The average molecular weight is 457 g/mol. The largest absolute Gasteiger partial charge is 0.418 e. The quantitative estimate of drug-likeness (QED) is 0.603. The van der Waals surface area contributed by atoms with E-state index in [4.69, 9.17) is 0 Å². The minimum absolute atomic E-state index is 0.202. The van der Waals surface area contributed by atoms with Gasteiger partial charge in [0.25, 0.3) is 5.91 Å². The van der Waals surface area contributed by atoms with E-state index in [1.807, 2.05) is 18.2 Å². The number of aryl methyl sites for hydroxylation is 1. The number of hydrogen-bond donors (Lipinski definition) is 0. The van der Waals surface area contributed by atoms with Crippen molar-refractivity contribution in [2.24, 2.45) is 0 Å². The van der Waals surface area contributed by atoms with Crippen LogP contribution >= 0.6 is 0 Å². The monoisotopic (exact) mass is 457 g/mol. The van der Waals surface area contributed by atoms with E-state index in [1.54, 1.807) is 6.20 Å². The van der Waals surface area contributed by atoms with Crippen LogP contribution in [0.1, 0.15) is 27.4 Å². The van der Waals surface area contributed by atoms with Gasteiger partial charge in [0.05, 0.1) is 16.9 Å². The summed E-state index contributed by atoms with van der Waals surface area (Å²) in [5, 5.41) is 4.07. The van der Waals surface area contributed by atoms with Crippen LogP contribution in [0.3, 0.4) is 0 Å². The molecule has 1 amide bonds. The van der Waals surface area contributed by atoms with E-state index < -0.39 is 28.8 Å². The Balaban J connectivity index is 1.56. The fourth-order valence-electron chi connectivity index (χ4n) is 3.82. The van der Waals surface area contributed by atoms with Gasteiger partial charge in [-0.05, 0) is 31.2 Å². The molecular formula is C23H22F3N5O2. The fourth-order valence-corrected chi connectivity index (χ4v) is 3.82. The molecule has 1 aliphatic rings. The molecule has 0 N–H and O–H groups in total. The summed E-state index contributed by atoms with van der Waals surface area (Å²) in [6, 6.07) is 11.8. The lowest BCUT2D eigenvalue weighted by atomic mass is 10.1. The number of benzene rings is 1. The number of carbonyl (C=O) groups is 1.